The number of hydrogen-bond donors (Lipinski definition) is 1. The molecule has 0 spiro atoms. The SMILES string of the molecule is CCc1noc(CCc2cccc(N)c2)n1. The van der Waals surface area contributed by atoms with Gasteiger partial charge in [0, 0.05) is 18.5 Å². The predicted molar refractivity (Wildman–Crippen MR) is 61.9 cm³/mol. The molecule has 2 rings (SSSR count). The summed E-state index contributed by atoms with van der Waals surface area (Å²) in [6.45, 7) is 2.01. The van der Waals surface area contributed by atoms with Crippen LogP contribution < -0.4 is 5.73 Å². The molecule has 0 unspecified atom stereocenters. The first kappa shape index (κ1) is 10.7. The Morgan fingerprint density at radius 2 is 2.19 bits per heavy atom. The first-order valence-corrected chi connectivity index (χ1v) is 5.44. The highest BCUT2D eigenvalue weighted by atomic mass is 16.5. The average Bonchev–Trinajstić information content (AvgIpc) is 2.74. The van der Waals surface area contributed by atoms with Gasteiger partial charge in [-0.1, -0.05) is 24.2 Å². The zero-order valence-electron chi connectivity index (χ0n) is 9.31. The summed E-state index contributed by atoms with van der Waals surface area (Å²) in [6.07, 6.45) is 2.44. The number of anilines is 1. The predicted octanol–water partition coefficient (Wildman–Crippen LogP) is 2.00. The van der Waals surface area contributed by atoms with Crippen molar-refractivity contribution in [1.82, 2.24) is 10.1 Å². The maximum Gasteiger partial charge on any atom is 0.226 e. The van der Waals surface area contributed by atoms with Crippen LogP contribution >= 0.6 is 0 Å². The molecule has 84 valence electrons. The van der Waals surface area contributed by atoms with Gasteiger partial charge < -0.3 is 10.3 Å². The summed E-state index contributed by atoms with van der Waals surface area (Å²) in [6, 6.07) is 7.85. The molecule has 0 aliphatic rings. The van der Waals surface area contributed by atoms with Crippen LogP contribution in [-0.2, 0) is 19.3 Å². The van der Waals surface area contributed by atoms with E-state index in [4.69, 9.17) is 10.3 Å². The minimum atomic E-state index is 0.694. The zero-order valence-corrected chi connectivity index (χ0v) is 9.31. The van der Waals surface area contributed by atoms with Crippen molar-refractivity contribution in [2.24, 2.45) is 0 Å². The second-order valence-corrected chi connectivity index (χ2v) is 3.70. The molecule has 0 saturated carbocycles. The van der Waals surface area contributed by atoms with Gasteiger partial charge in [-0.3, -0.25) is 0 Å². The van der Waals surface area contributed by atoms with Gasteiger partial charge >= 0.3 is 0 Å². The highest BCUT2D eigenvalue weighted by Crippen LogP contribution is 2.10. The maximum atomic E-state index is 5.70. The van der Waals surface area contributed by atoms with E-state index in [1.807, 2.05) is 31.2 Å². The van der Waals surface area contributed by atoms with E-state index in [-0.39, 0.29) is 0 Å². The van der Waals surface area contributed by atoms with Crippen LogP contribution in [-0.4, -0.2) is 10.1 Å². The molecule has 2 aromatic rings. The Labute approximate surface area is 94.5 Å². The van der Waals surface area contributed by atoms with E-state index in [1.54, 1.807) is 0 Å². The lowest BCUT2D eigenvalue weighted by molar-refractivity contribution is 0.373. The number of rotatable bonds is 4. The summed E-state index contributed by atoms with van der Waals surface area (Å²) in [5, 5.41) is 3.85. The van der Waals surface area contributed by atoms with E-state index in [1.165, 1.54) is 5.56 Å². The summed E-state index contributed by atoms with van der Waals surface area (Å²) >= 11 is 0. The van der Waals surface area contributed by atoms with Crippen LogP contribution in [0.3, 0.4) is 0 Å². The van der Waals surface area contributed by atoms with E-state index < -0.39 is 0 Å². The van der Waals surface area contributed by atoms with Crippen LogP contribution in [0.5, 0.6) is 0 Å². The topological polar surface area (TPSA) is 64.9 Å². The van der Waals surface area contributed by atoms with Gasteiger partial charge in [0.2, 0.25) is 5.89 Å². The average molecular weight is 217 g/mol. The summed E-state index contributed by atoms with van der Waals surface area (Å²) in [5.41, 5.74) is 7.68. The smallest absolute Gasteiger partial charge is 0.226 e. The van der Waals surface area contributed by atoms with Crippen LogP contribution in [0.15, 0.2) is 28.8 Å². The molecule has 0 aliphatic carbocycles. The molecule has 1 aromatic carbocycles. The third kappa shape index (κ3) is 2.59. The molecule has 0 saturated heterocycles. The minimum absolute atomic E-state index is 0.694. The second-order valence-electron chi connectivity index (χ2n) is 3.70. The molecule has 16 heavy (non-hydrogen) atoms. The van der Waals surface area contributed by atoms with Gasteiger partial charge in [-0.15, -0.1) is 0 Å². The van der Waals surface area contributed by atoms with Crippen molar-refractivity contribution in [2.45, 2.75) is 26.2 Å². The lowest BCUT2D eigenvalue weighted by Gasteiger charge is -1.99. The van der Waals surface area contributed by atoms with Crippen LogP contribution in [0.2, 0.25) is 0 Å². The van der Waals surface area contributed by atoms with Crippen LogP contribution in [0.1, 0.15) is 24.2 Å². The molecule has 4 nitrogen and oxygen atoms in total. The fraction of sp³-hybridized carbons (Fsp3) is 0.333. The van der Waals surface area contributed by atoms with Gasteiger partial charge in [-0.2, -0.15) is 4.98 Å². The van der Waals surface area contributed by atoms with Crippen molar-refractivity contribution in [3.8, 4) is 0 Å². The molecular formula is C12H15N3O. The van der Waals surface area contributed by atoms with Crippen molar-refractivity contribution in [3.63, 3.8) is 0 Å². The van der Waals surface area contributed by atoms with Crippen LogP contribution in [0, 0.1) is 0 Å². The Balaban J connectivity index is 1.96. The standard InChI is InChI=1S/C12H15N3O/c1-2-11-14-12(16-15-11)7-6-9-4-3-5-10(13)8-9/h3-5,8H,2,6-7,13H2,1H3. The number of aromatic nitrogens is 2. The van der Waals surface area contributed by atoms with Gasteiger partial charge in [0.15, 0.2) is 5.82 Å². The Morgan fingerprint density at radius 3 is 2.88 bits per heavy atom. The molecule has 0 fully saturated rings. The fourth-order valence-electron chi connectivity index (χ4n) is 1.54. The Bertz CT molecular complexity index is 465. The fourth-order valence-corrected chi connectivity index (χ4v) is 1.54. The van der Waals surface area contributed by atoms with Crippen molar-refractivity contribution < 1.29 is 4.52 Å². The summed E-state index contributed by atoms with van der Waals surface area (Å²) in [7, 11) is 0. The normalized spacial score (nSPS) is 10.6. The Hall–Kier alpha value is -1.84. The van der Waals surface area contributed by atoms with Crippen molar-refractivity contribution in [2.75, 3.05) is 5.73 Å². The molecular weight excluding hydrogens is 202 g/mol. The number of nitrogens with two attached hydrogens (primary N) is 1. The van der Waals surface area contributed by atoms with Crippen molar-refractivity contribution in [1.29, 1.82) is 0 Å². The quantitative estimate of drug-likeness (QED) is 0.795. The second kappa shape index (κ2) is 4.79. The Morgan fingerprint density at radius 1 is 1.31 bits per heavy atom. The number of hydrogen-bond acceptors (Lipinski definition) is 4. The number of nitrogen functional groups attached to an aromatic ring is 1. The third-order valence-corrected chi connectivity index (χ3v) is 2.40. The lowest BCUT2D eigenvalue weighted by atomic mass is 10.1. The molecule has 0 bridgehead atoms. The van der Waals surface area contributed by atoms with Gasteiger partial charge in [0.25, 0.3) is 0 Å². The molecule has 0 radical (unpaired) electrons. The van der Waals surface area contributed by atoms with Crippen LogP contribution in [0.4, 0.5) is 5.69 Å². The molecule has 1 heterocycles. The molecule has 0 atom stereocenters. The van der Waals surface area contributed by atoms with E-state index in [9.17, 15) is 0 Å². The number of benzene rings is 1. The molecule has 2 N–H and O–H groups in total. The molecule has 0 aliphatic heterocycles. The largest absolute Gasteiger partial charge is 0.399 e. The van der Waals surface area contributed by atoms with E-state index >= 15 is 0 Å². The summed E-state index contributed by atoms with van der Waals surface area (Å²) in [4.78, 5) is 4.26. The van der Waals surface area contributed by atoms with Gasteiger partial charge in [0.05, 0.1) is 0 Å². The van der Waals surface area contributed by atoms with Crippen LogP contribution in [0.25, 0.3) is 0 Å². The molecule has 4 heteroatoms. The molecule has 0 amide bonds. The number of aryl methyl sites for hydroxylation is 3. The Kier molecular flexibility index (Phi) is 3.19. The minimum Gasteiger partial charge on any atom is -0.399 e. The van der Waals surface area contributed by atoms with E-state index in [2.05, 4.69) is 10.1 Å². The monoisotopic (exact) mass is 217 g/mol. The van der Waals surface area contributed by atoms with Gasteiger partial charge in [-0.05, 0) is 24.1 Å². The summed E-state index contributed by atoms with van der Waals surface area (Å²) in [5.74, 6) is 1.46. The van der Waals surface area contributed by atoms with E-state index in [0.29, 0.717) is 5.89 Å². The maximum absolute atomic E-state index is 5.70. The van der Waals surface area contributed by atoms with Crippen molar-refractivity contribution in [3.05, 3.63) is 41.5 Å². The van der Waals surface area contributed by atoms with E-state index in [0.717, 1.165) is 30.8 Å². The van der Waals surface area contributed by atoms with Gasteiger partial charge in [-0.25, -0.2) is 0 Å². The highest BCUT2D eigenvalue weighted by molar-refractivity contribution is 5.40. The first-order chi connectivity index (χ1) is 7.78. The number of nitrogens with zero attached hydrogens (tertiary/aromatic N) is 2. The summed E-state index contributed by atoms with van der Waals surface area (Å²) < 4.78 is 5.12. The van der Waals surface area contributed by atoms with Crippen molar-refractivity contribution >= 4 is 5.69 Å². The first-order valence-electron chi connectivity index (χ1n) is 5.44. The third-order valence-electron chi connectivity index (χ3n) is 2.40. The zero-order chi connectivity index (χ0) is 11.4. The molecule has 1 aromatic heterocycles. The lowest BCUT2D eigenvalue weighted by Crippen LogP contribution is -1.93. The van der Waals surface area contributed by atoms with Gasteiger partial charge in [0.1, 0.15) is 0 Å². The highest BCUT2D eigenvalue weighted by Gasteiger charge is 2.04.